The van der Waals surface area contributed by atoms with Gasteiger partial charge in [0.15, 0.2) is 0 Å². The van der Waals surface area contributed by atoms with E-state index in [9.17, 15) is 19.3 Å². The number of nitro benzene ring substituents is 1. The SMILES string of the molecule is CC(C)(CBr)CNC(=O)c1cc(F)ccc1[N+](=O)[O-]. The Balaban J connectivity index is 2.93. The molecule has 5 nitrogen and oxygen atoms in total. The number of benzene rings is 1. The highest BCUT2D eigenvalue weighted by Gasteiger charge is 2.23. The van der Waals surface area contributed by atoms with E-state index in [2.05, 4.69) is 21.2 Å². The fourth-order valence-electron chi connectivity index (χ4n) is 1.31. The molecule has 19 heavy (non-hydrogen) atoms. The van der Waals surface area contributed by atoms with Gasteiger partial charge in [-0.15, -0.1) is 0 Å². The van der Waals surface area contributed by atoms with Crippen LogP contribution in [0.3, 0.4) is 0 Å². The molecule has 0 saturated carbocycles. The number of rotatable bonds is 5. The molecule has 0 aliphatic heterocycles. The summed E-state index contributed by atoms with van der Waals surface area (Å²) in [6.45, 7) is 4.16. The van der Waals surface area contributed by atoms with Gasteiger partial charge in [0.1, 0.15) is 11.4 Å². The lowest BCUT2D eigenvalue weighted by Gasteiger charge is -2.21. The zero-order valence-electron chi connectivity index (χ0n) is 10.6. The fourth-order valence-corrected chi connectivity index (χ4v) is 1.51. The molecule has 0 aliphatic rings. The predicted octanol–water partition coefficient (Wildman–Crippen LogP) is 2.88. The Morgan fingerprint density at radius 3 is 2.68 bits per heavy atom. The largest absolute Gasteiger partial charge is 0.351 e. The monoisotopic (exact) mass is 332 g/mol. The van der Waals surface area contributed by atoms with Gasteiger partial charge in [-0.05, 0) is 17.5 Å². The molecular weight excluding hydrogens is 319 g/mol. The van der Waals surface area contributed by atoms with E-state index in [1.54, 1.807) is 0 Å². The van der Waals surface area contributed by atoms with Gasteiger partial charge in [0.05, 0.1) is 4.92 Å². The number of hydrogen-bond acceptors (Lipinski definition) is 3. The van der Waals surface area contributed by atoms with Gasteiger partial charge in [-0.25, -0.2) is 4.39 Å². The third kappa shape index (κ3) is 4.27. The molecule has 0 aromatic heterocycles. The van der Waals surface area contributed by atoms with Crippen LogP contribution in [0.4, 0.5) is 10.1 Å². The highest BCUT2D eigenvalue weighted by atomic mass is 79.9. The van der Waals surface area contributed by atoms with Gasteiger partial charge in [0.25, 0.3) is 11.6 Å². The maximum Gasteiger partial charge on any atom is 0.282 e. The molecule has 0 bridgehead atoms. The van der Waals surface area contributed by atoms with Crippen molar-refractivity contribution in [2.75, 3.05) is 11.9 Å². The van der Waals surface area contributed by atoms with Crippen molar-refractivity contribution in [2.24, 2.45) is 5.41 Å². The molecule has 1 amide bonds. The van der Waals surface area contributed by atoms with Crippen LogP contribution in [-0.4, -0.2) is 22.7 Å². The molecule has 0 unspecified atom stereocenters. The minimum Gasteiger partial charge on any atom is -0.351 e. The van der Waals surface area contributed by atoms with Crippen molar-refractivity contribution < 1.29 is 14.1 Å². The van der Waals surface area contributed by atoms with Crippen LogP contribution in [-0.2, 0) is 0 Å². The fraction of sp³-hybridized carbons (Fsp3) is 0.417. The molecule has 0 atom stereocenters. The summed E-state index contributed by atoms with van der Waals surface area (Å²) >= 11 is 3.31. The van der Waals surface area contributed by atoms with Crippen LogP contribution in [0, 0.1) is 21.3 Å². The first kappa shape index (κ1) is 15.6. The van der Waals surface area contributed by atoms with Crippen molar-refractivity contribution in [1.29, 1.82) is 0 Å². The smallest absolute Gasteiger partial charge is 0.282 e. The molecule has 1 rings (SSSR count). The summed E-state index contributed by atoms with van der Waals surface area (Å²) in [6, 6.07) is 2.81. The third-order valence-electron chi connectivity index (χ3n) is 2.49. The predicted molar refractivity (Wildman–Crippen MR) is 73.0 cm³/mol. The standard InChI is InChI=1S/C12H14BrFN2O3/c1-12(2,6-13)7-15-11(17)9-5-8(14)3-4-10(9)16(18)19/h3-5H,6-7H2,1-2H3,(H,15,17). The van der Waals surface area contributed by atoms with Crippen LogP contribution in [0.15, 0.2) is 18.2 Å². The molecule has 0 aliphatic carbocycles. The maximum atomic E-state index is 13.1. The van der Waals surface area contributed by atoms with Crippen LogP contribution in [0.2, 0.25) is 0 Å². The van der Waals surface area contributed by atoms with E-state index in [-0.39, 0.29) is 11.0 Å². The molecule has 0 spiro atoms. The third-order valence-corrected chi connectivity index (χ3v) is 4.01. The molecule has 0 heterocycles. The number of nitro groups is 1. The second kappa shape index (κ2) is 6.10. The second-order valence-corrected chi connectivity index (χ2v) is 5.46. The normalized spacial score (nSPS) is 11.2. The van der Waals surface area contributed by atoms with E-state index >= 15 is 0 Å². The highest BCUT2D eigenvalue weighted by Crippen LogP contribution is 2.21. The summed E-state index contributed by atoms with van der Waals surface area (Å²) in [4.78, 5) is 22.0. The lowest BCUT2D eigenvalue weighted by molar-refractivity contribution is -0.385. The number of carbonyl (C=O) groups is 1. The van der Waals surface area contributed by atoms with Crippen molar-refractivity contribution in [3.8, 4) is 0 Å². The van der Waals surface area contributed by atoms with E-state index in [1.165, 1.54) is 0 Å². The average molecular weight is 333 g/mol. The van der Waals surface area contributed by atoms with Crippen molar-refractivity contribution >= 4 is 27.5 Å². The molecule has 1 aromatic rings. The Hall–Kier alpha value is -1.50. The van der Waals surface area contributed by atoms with Gasteiger partial charge in [-0.3, -0.25) is 14.9 Å². The van der Waals surface area contributed by atoms with Gasteiger partial charge < -0.3 is 5.32 Å². The lowest BCUT2D eigenvalue weighted by atomic mass is 9.96. The molecule has 0 radical (unpaired) electrons. The first-order valence-corrected chi connectivity index (χ1v) is 6.67. The second-order valence-electron chi connectivity index (χ2n) is 4.90. The Labute approximate surface area is 118 Å². The summed E-state index contributed by atoms with van der Waals surface area (Å²) in [5.74, 6) is -1.34. The number of nitrogens with one attached hydrogen (secondary N) is 1. The van der Waals surface area contributed by atoms with E-state index in [0.717, 1.165) is 18.2 Å². The van der Waals surface area contributed by atoms with Crippen molar-refractivity contribution in [3.63, 3.8) is 0 Å². The van der Waals surface area contributed by atoms with Crippen LogP contribution in [0.1, 0.15) is 24.2 Å². The molecule has 0 saturated heterocycles. The van der Waals surface area contributed by atoms with Gasteiger partial charge in [-0.1, -0.05) is 29.8 Å². The van der Waals surface area contributed by atoms with Crippen molar-refractivity contribution in [2.45, 2.75) is 13.8 Å². The first-order chi connectivity index (χ1) is 8.76. The summed E-state index contributed by atoms with van der Waals surface area (Å²) in [7, 11) is 0. The number of halogens is 2. The maximum absolute atomic E-state index is 13.1. The number of carbonyl (C=O) groups excluding carboxylic acids is 1. The van der Waals surface area contributed by atoms with Gasteiger partial charge in [-0.2, -0.15) is 0 Å². The summed E-state index contributed by atoms with van der Waals surface area (Å²) in [6.07, 6.45) is 0. The molecule has 7 heteroatoms. The quantitative estimate of drug-likeness (QED) is 0.512. The number of amides is 1. The Morgan fingerprint density at radius 1 is 1.53 bits per heavy atom. The van der Waals surface area contributed by atoms with Crippen LogP contribution in [0.5, 0.6) is 0 Å². The Bertz CT molecular complexity index is 506. The summed E-state index contributed by atoms with van der Waals surface area (Å²) < 4.78 is 13.1. The Morgan fingerprint density at radius 2 is 2.16 bits per heavy atom. The molecule has 104 valence electrons. The van der Waals surface area contributed by atoms with Gasteiger partial charge >= 0.3 is 0 Å². The number of nitrogens with zero attached hydrogens (tertiary/aromatic N) is 1. The summed E-state index contributed by atoms with van der Waals surface area (Å²) in [5, 5.41) is 14.0. The van der Waals surface area contributed by atoms with Gasteiger partial charge in [0, 0.05) is 17.9 Å². The average Bonchev–Trinajstić information content (AvgIpc) is 2.35. The van der Waals surface area contributed by atoms with Crippen LogP contribution in [0.25, 0.3) is 0 Å². The minimum atomic E-state index is -0.704. The zero-order valence-corrected chi connectivity index (χ0v) is 12.2. The lowest BCUT2D eigenvalue weighted by Crippen LogP contribution is -2.35. The highest BCUT2D eigenvalue weighted by molar-refractivity contribution is 9.09. The minimum absolute atomic E-state index is 0.197. The molecule has 1 N–H and O–H groups in total. The first-order valence-electron chi connectivity index (χ1n) is 5.55. The molecular formula is C12H14BrFN2O3. The topological polar surface area (TPSA) is 72.2 Å². The van der Waals surface area contributed by atoms with Crippen molar-refractivity contribution in [3.05, 3.63) is 39.7 Å². The van der Waals surface area contributed by atoms with E-state index < -0.39 is 22.3 Å². The Kier molecular flexibility index (Phi) is 4.99. The van der Waals surface area contributed by atoms with E-state index in [1.807, 2.05) is 13.8 Å². The van der Waals surface area contributed by atoms with Crippen LogP contribution < -0.4 is 5.32 Å². The van der Waals surface area contributed by atoms with Gasteiger partial charge in [0.2, 0.25) is 0 Å². The molecule has 0 fully saturated rings. The van der Waals surface area contributed by atoms with Crippen molar-refractivity contribution in [1.82, 2.24) is 5.32 Å². The van der Waals surface area contributed by atoms with Crippen LogP contribution >= 0.6 is 15.9 Å². The molecule has 1 aromatic carbocycles. The summed E-state index contributed by atoms with van der Waals surface area (Å²) in [5.41, 5.74) is -0.872. The number of hydrogen-bond donors (Lipinski definition) is 1. The van der Waals surface area contributed by atoms with E-state index in [0.29, 0.717) is 11.9 Å². The number of alkyl halides is 1. The zero-order chi connectivity index (χ0) is 14.6. The van der Waals surface area contributed by atoms with E-state index in [4.69, 9.17) is 0 Å².